The third-order valence-electron chi connectivity index (χ3n) is 10.8. The second-order valence-electron chi connectivity index (χ2n) is 14.0. The van der Waals surface area contributed by atoms with Crippen LogP contribution in [0.4, 0.5) is 17.1 Å². The van der Waals surface area contributed by atoms with Crippen LogP contribution in [0, 0.1) is 0 Å². The molecular formula is C51H33N3O. The second-order valence-corrected chi connectivity index (χ2v) is 14.0. The first-order valence-corrected chi connectivity index (χ1v) is 18.6. The molecule has 0 unspecified atom stereocenters. The van der Waals surface area contributed by atoms with Crippen LogP contribution in [-0.4, -0.2) is 9.55 Å². The summed E-state index contributed by atoms with van der Waals surface area (Å²) in [5.74, 6) is 0.609. The van der Waals surface area contributed by atoms with Crippen LogP contribution in [0.3, 0.4) is 0 Å². The summed E-state index contributed by atoms with van der Waals surface area (Å²) in [6.07, 6.45) is 0. The maximum absolute atomic E-state index is 6.32. The van der Waals surface area contributed by atoms with Crippen molar-refractivity contribution in [3.63, 3.8) is 0 Å². The minimum absolute atomic E-state index is 0.609. The molecular weight excluding hydrogens is 671 g/mol. The number of anilines is 3. The van der Waals surface area contributed by atoms with E-state index >= 15 is 0 Å². The predicted octanol–water partition coefficient (Wildman–Crippen LogP) is 14.0. The molecule has 11 aromatic rings. The molecule has 0 N–H and O–H groups in total. The highest BCUT2D eigenvalue weighted by Gasteiger charge is 2.19. The standard InChI is InChI=1S/C51H33N3O/c1-2-13-40(14-3-1)54-47-17-9-8-16-45(47)46-30-29-43(33-48(46)54)53(41-25-20-35(21-26-41)39-19-18-34-10-4-5-12-38(34)32-39)42-27-22-37(23-28-42)51-52-50-44-15-7-6-11-36(44)24-31-49(50)55-51/h1-33H. The smallest absolute Gasteiger partial charge is 0.227 e. The summed E-state index contributed by atoms with van der Waals surface area (Å²) in [7, 11) is 0. The normalized spacial score (nSPS) is 11.6. The number of para-hydroxylation sites is 2. The molecule has 0 amide bonds. The molecule has 0 aliphatic carbocycles. The van der Waals surface area contributed by atoms with E-state index in [0.29, 0.717) is 5.89 Å². The molecule has 2 aromatic heterocycles. The summed E-state index contributed by atoms with van der Waals surface area (Å²) in [5, 5.41) is 7.17. The lowest BCUT2D eigenvalue weighted by molar-refractivity contribution is 0.620. The highest BCUT2D eigenvalue weighted by Crippen LogP contribution is 2.41. The highest BCUT2D eigenvalue weighted by atomic mass is 16.3. The van der Waals surface area contributed by atoms with Gasteiger partial charge in [-0.2, -0.15) is 0 Å². The van der Waals surface area contributed by atoms with E-state index < -0.39 is 0 Å². The van der Waals surface area contributed by atoms with Crippen LogP contribution < -0.4 is 4.90 Å². The minimum Gasteiger partial charge on any atom is -0.436 e. The number of nitrogens with zero attached hydrogens (tertiary/aromatic N) is 3. The van der Waals surface area contributed by atoms with E-state index in [0.717, 1.165) is 55.7 Å². The Morgan fingerprint density at radius 1 is 0.400 bits per heavy atom. The van der Waals surface area contributed by atoms with Crippen LogP contribution >= 0.6 is 0 Å². The number of hydrogen-bond acceptors (Lipinski definition) is 3. The molecule has 9 aromatic carbocycles. The number of aromatic nitrogens is 2. The van der Waals surface area contributed by atoms with Gasteiger partial charge in [0.1, 0.15) is 5.52 Å². The molecule has 0 saturated carbocycles. The zero-order valence-electron chi connectivity index (χ0n) is 29.8. The van der Waals surface area contributed by atoms with Gasteiger partial charge in [0, 0.05) is 44.5 Å². The van der Waals surface area contributed by atoms with E-state index in [1.165, 1.54) is 38.2 Å². The van der Waals surface area contributed by atoms with Crippen LogP contribution in [0.15, 0.2) is 205 Å². The van der Waals surface area contributed by atoms with E-state index in [-0.39, 0.29) is 0 Å². The first-order chi connectivity index (χ1) is 27.2. The largest absolute Gasteiger partial charge is 0.436 e. The quantitative estimate of drug-likeness (QED) is 0.173. The van der Waals surface area contributed by atoms with Crippen molar-refractivity contribution in [3.8, 4) is 28.3 Å². The SMILES string of the molecule is c1ccc(-n2c3ccccc3c3ccc(N(c4ccc(-c5ccc6ccccc6c5)cc4)c4ccc(-c5nc6c(ccc7ccccc76)o5)cc4)cc32)cc1. The van der Waals surface area contributed by atoms with Crippen molar-refractivity contribution in [3.05, 3.63) is 200 Å². The highest BCUT2D eigenvalue weighted by molar-refractivity contribution is 6.10. The summed E-state index contributed by atoms with van der Waals surface area (Å²) < 4.78 is 8.69. The Kier molecular flexibility index (Phi) is 7.14. The van der Waals surface area contributed by atoms with Crippen LogP contribution in [0.2, 0.25) is 0 Å². The molecule has 11 rings (SSSR count). The van der Waals surface area contributed by atoms with Crippen LogP contribution in [0.5, 0.6) is 0 Å². The summed E-state index contributed by atoms with van der Waals surface area (Å²) in [6.45, 7) is 0. The zero-order chi connectivity index (χ0) is 36.3. The monoisotopic (exact) mass is 703 g/mol. The minimum atomic E-state index is 0.609. The number of oxazole rings is 1. The topological polar surface area (TPSA) is 34.2 Å². The summed E-state index contributed by atoms with van der Waals surface area (Å²) in [6, 6.07) is 71.1. The molecule has 4 nitrogen and oxygen atoms in total. The number of rotatable bonds is 6. The Balaban J connectivity index is 1.05. The molecule has 0 fully saturated rings. The third kappa shape index (κ3) is 5.26. The van der Waals surface area contributed by atoms with Crippen molar-refractivity contribution in [1.29, 1.82) is 0 Å². The molecule has 55 heavy (non-hydrogen) atoms. The van der Waals surface area contributed by atoms with Gasteiger partial charge in [0.2, 0.25) is 5.89 Å². The van der Waals surface area contributed by atoms with E-state index in [1.54, 1.807) is 0 Å². The van der Waals surface area contributed by atoms with Gasteiger partial charge in [-0.1, -0.05) is 121 Å². The Morgan fingerprint density at radius 2 is 1.00 bits per heavy atom. The molecule has 0 saturated heterocycles. The van der Waals surface area contributed by atoms with Gasteiger partial charge in [-0.15, -0.1) is 0 Å². The molecule has 2 heterocycles. The van der Waals surface area contributed by atoms with E-state index in [4.69, 9.17) is 9.40 Å². The Labute approximate surface area is 317 Å². The van der Waals surface area contributed by atoms with Crippen LogP contribution in [0.25, 0.3) is 82.7 Å². The van der Waals surface area contributed by atoms with Gasteiger partial charge < -0.3 is 13.9 Å². The van der Waals surface area contributed by atoms with Crippen molar-refractivity contribution in [1.82, 2.24) is 9.55 Å². The molecule has 0 spiro atoms. The molecule has 0 aliphatic heterocycles. The lowest BCUT2D eigenvalue weighted by Gasteiger charge is -2.26. The Morgan fingerprint density at radius 3 is 1.80 bits per heavy atom. The van der Waals surface area contributed by atoms with Gasteiger partial charge >= 0.3 is 0 Å². The first-order valence-electron chi connectivity index (χ1n) is 18.6. The van der Waals surface area contributed by atoms with Gasteiger partial charge in [-0.3, -0.25) is 0 Å². The Bertz CT molecular complexity index is 3190. The zero-order valence-corrected chi connectivity index (χ0v) is 29.8. The van der Waals surface area contributed by atoms with Crippen molar-refractivity contribution >= 4 is 71.5 Å². The molecule has 0 atom stereocenters. The van der Waals surface area contributed by atoms with Crippen molar-refractivity contribution < 1.29 is 4.42 Å². The van der Waals surface area contributed by atoms with Crippen LogP contribution in [-0.2, 0) is 0 Å². The maximum Gasteiger partial charge on any atom is 0.227 e. The molecule has 0 bridgehead atoms. The van der Waals surface area contributed by atoms with E-state index in [1.807, 2.05) is 12.1 Å². The third-order valence-corrected chi connectivity index (χ3v) is 10.8. The predicted molar refractivity (Wildman–Crippen MR) is 229 cm³/mol. The summed E-state index contributed by atoms with van der Waals surface area (Å²) in [4.78, 5) is 7.30. The lowest BCUT2D eigenvalue weighted by Crippen LogP contribution is -2.10. The fourth-order valence-corrected chi connectivity index (χ4v) is 8.11. The second kappa shape index (κ2) is 12.6. The number of hydrogen-bond donors (Lipinski definition) is 0. The Hall–Kier alpha value is -7.43. The van der Waals surface area contributed by atoms with Crippen LogP contribution in [0.1, 0.15) is 0 Å². The number of benzene rings is 9. The number of fused-ring (bicyclic) bond motifs is 7. The van der Waals surface area contributed by atoms with Gasteiger partial charge in [-0.25, -0.2) is 4.98 Å². The molecule has 258 valence electrons. The lowest BCUT2D eigenvalue weighted by atomic mass is 10.0. The average Bonchev–Trinajstić information content (AvgIpc) is 3.84. The van der Waals surface area contributed by atoms with Gasteiger partial charge in [0.05, 0.1) is 11.0 Å². The summed E-state index contributed by atoms with van der Waals surface area (Å²) in [5.41, 5.74) is 11.6. The van der Waals surface area contributed by atoms with E-state index in [9.17, 15) is 0 Å². The molecule has 0 radical (unpaired) electrons. The molecule has 4 heteroatoms. The summed E-state index contributed by atoms with van der Waals surface area (Å²) >= 11 is 0. The fourth-order valence-electron chi connectivity index (χ4n) is 8.11. The van der Waals surface area contributed by atoms with Gasteiger partial charge in [0.15, 0.2) is 5.58 Å². The van der Waals surface area contributed by atoms with Gasteiger partial charge in [-0.05, 0) is 106 Å². The molecule has 0 aliphatic rings. The van der Waals surface area contributed by atoms with Crippen molar-refractivity contribution in [2.45, 2.75) is 0 Å². The average molecular weight is 704 g/mol. The fraction of sp³-hybridized carbons (Fsp3) is 0. The van der Waals surface area contributed by atoms with Crippen molar-refractivity contribution in [2.24, 2.45) is 0 Å². The van der Waals surface area contributed by atoms with Crippen molar-refractivity contribution in [2.75, 3.05) is 4.90 Å². The van der Waals surface area contributed by atoms with Gasteiger partial charge in [0.25, 0.3) is 0 Å². The van der Waals surface area contributed by atoms with E-state index in [2.05, 4.69) is 198 Å². The first kappa shape index (κ1) is 31.1. The maximum atomic E-state index is 6.32.